The summed E-state index contributed by atoms with van der Waals surface area (Å²) in [6, 6.07) is 16.1. The predicted molar refractivity (Wildman–Crippen MR) is 106 cm³/mol. The molecule has 1 heterocycles. The van der Waals surface area contributed by atoms with Gasteiger partial charge in [-0.25, -0.2) is 4.79 Å². The number of aryl methyl sites for hydroxylation is 1. The maximum Gasteiger partial charge on any atom is 0.319 e. The van der Waals surface area contributed by atoms with E-state index in [0.717, 1.165) is 44.0 Å². The second-order valence-corrected chi connectivity index (χ2v) is 7.07. The number of urea groups is 1. The summed E-state index contributed by atoms with van der Waals surface area (Å²) in [6.45, 7) is 8.06. The lowest BCUT2D eigenvalue weighted by molar-refractivity contribution is 0.148. The fourth-order valence-electron chi connectivity index (χ4n) is 3.02. The van der Waals surface area contributed by atoms with Gasteiger partial charge in [0.1, 0.15) is 0 Å². The maximum atomic E-state index is 12.0. The van der Waals surface area contributed by atoms with Gasteiger partial charge in [0.2, 0.25) is 0 Å². The number of nitrogens with one attached hydrogen (secondary N) is 2. The zero-order valence-electron chi connectivity index (χ0n) is 15.7. The summed E-state index contributed by atoms with van der Waals surface area (Å²) in [5.74, 6) is 0. The zero-order chi connectivity index (χ0) is 18.4. The van der Waals surface area contributed by atoms with Crippen LogP contribution in [0.2, 0.25) is 0 Å². The van der Waals surface area contributed by atoms with E-state index < -0.39 is 0 Å². The number of hydrogen-bond donors (Lipinski definition) is 2. The number of anilines is 1. The van der Waals surface area contributed by atoms with Gasteiger partial charge in [0.15, 0.2) is 0 Å². The summed E-state index contributed by atoms with van der Waals surface area (Å²) in [7, 11) is 2.17. The Balaban J connectivity index is 1.43. The van der Waals surface area contributed by atoms with Gasteiger partial charge in [0.05, 0.1) is 0 Å². The van der Waals surface area contributed by atoms with Crippen molar-refractivity contribution < 1.29 is 4.79 Å². The summed E-state index contributed by atoms with van der Waals surface area (Å²) in [4.78, 5) is 16.9. The van der Waals surface area contributed by atoms with Gasteiger partial charge in [-0.05, 0) is 37.2 Å². The molecule has 1 aliphatic rings. The minimum Gasteiger partial charge on any atom is -0.334 e. The van der Waals surface area contributed by atoms with Gasteiger partial charge in [-0.1, -0.05) is 42.0 Å². The summed E-state index contributed by atoms with van der Waals surface area (Å²) in [5, 5.41) is 5.75. The number of hydrogen-bond acceptors (Lipinski definition) is 3. The third-order valence-electron chi connectivity index (χ3n) is 4.79. The van der Waals surface area contributed by atoms with Crippen LogP contribution in [0.3, 0.4) is 0 Å². The first-order valence-corrected chi connectivity index (χ1v) is 9.19. The lowest BCUT2D eigenvalue weighted by atomic mass is 10.1. The van der Waals surface area contributed by atoms with Crippen LogP contribution in [0.25, 0.3) is 0 Å². The lowest BCUT2D eigenvalue weighted by Crippen LogP contribution is -2.43. The first kappa shape index (κ1) is 18.4. The second kappa shape index (κ2) is 8.83. The molecule has 2 N–H and O–H groups in total. The van der Waals surface area contributed by atoms with Crippen LogP contribution in [-0.2, 0) is 13.1 Å². The molecule has 1 aliphatic heterocycles. The van der Waals surface area contributed by atoms with Gasteiger partial charge < -0.3 is 15.5 Å². The summed E-state index contributed by atoms with van der Waals surface area (Å²) >= 11 is 0. The van der Waals surface area contributed by atoms with Crippen molar-refractivity contribution in [3.8, 4) is 0 Å². The van der Waals surface area contributed by atoms with Gasteiger partial charge in [0, 0.05) is 45.0 Å². The Morgan fingerprint density at radius 3 is 2.19 bits per heavy atom. The Kier molecular flexibility index (Phi) is 6.26. The average Bonchev–Trinajstić information content (AvgIpc) is 2.65. The van der Waals surface area contributed by atoms with E-state index in [1.165, 1.54) is 11.1 Å². The van der Waals surface area contributed by atoms with Crippen LogP contribution in [0.5, 0.6) is 0 Å². The molecule has 0 bridgehead atoms. The molecular formula is C21H28N4O. The van der Waals surface area contributed by atoms with Gasteiger partial charge in [-0.3, -0.25) is 4.90 Å². The van der Waals surface area contributed by atoms with Gasteiger partial charge in [-0.15, -0.1) is 0 Å². The average molecular weight is 352 g/mol. The highest BCUT2D eigenvalue weighted by Gasteiger charge is 2.13. The molecule has 5 heteroatoms. The number of nitrogens with zero attached hydrogens (tertiary/aromatic N) is 2. The quantitative estimate of drug-likeness (QED) is 0.869. The van der Waals surface area contributed by atoms with E-state index in [1.54, 1.807) is 0 Å². The van der Waals surface area contributed by atoms with E-state index in [-0.39, 0.29) is 6.03 Å². The van der Waals surface area contributed by atoms with E-state index in [1.807, 2.05) is 31.2 Å². The topological polar surface area (TPSA) is 47.6 Å². The van der Waals surface area contributed by atoms with Crippen molar-refractivity contribution in [2.75, 3.05) is 38.5 Å². The minimum atomic E-state index is -0.185. The molecule has 2 amide bonds. The van der Waals surface area contributed by atoms with E-state index >= 15 is 0 Å². The number of amides is 2. The third-order valence-corrected chi connectivity index (χ3v) is 4.79. The van der Waals surface area contributed by atoms with E-state index in [0.29, 0.717) is 6.54 Å². The number of rotatable bonds is 5. The Bertz CT molecular complexity index is 704. The number of piperazine rings is 1. The van der Waals surface area contributed by atoms with Crippen molar-refractivity contribution in [3.05, 3.63) is 65.2 Å². The molecule has 3 rings (SSSR count). The molecule has 0 spiro atoms. The Morgan fingerprint density at radius 2 is 1.54 bits per heavy atom. The maximum absolute atomic E-state index is 12.0. The van der Waals surface area contributed by atoms with E-state index in [9.17, 15) is 4.79 Å². The summed E-state index contributed by atoms with van der Waals surface area (Å²) in [5.41, 5.74) is 4.40. The lowest BCUT2D eigenvalue weighted by Gasteiger charge is -2.32. The normalized spacial score (nSPS) is 15.6. The van der Waals surface area contributed by atoms with Crippen LogP contribution in [-0.4, -0.2) is 49.1 Å². The van der Waals surface area contributed by atoms with Crippen LogP contribution in [0.15, 0.2) is 48.5 Å². The summed E-state index contributed by atoms with van der Waals surface area (Å²) in [6.07, 6.45) is 0. The molecule has 0 radical (unpaired) electrons. The van der Waals surface area contributed by atoms with Crippen LogP contribution >= 0.6 is 0 Å². The van der Waals surface area contributed by atoms with Crippen LogP contribution in [0, 0.1) is 6.92 Å². The summed E-state index contributed by atoms with van der Waals surface area (Å²) < 4.78 is 0. The molecule has 0 aromatic heterocycles. The molecule has 0 unspecified atom stereocenters. The largest absolute Gasteiger partial charge is 0.334 e. The smallest absolute Gasteiger partial charge is 0.319 e. The highest BCUT2D eigenvalue weighted by Crippen LogP contribution is 2.11. The standard InChI is InChI=1S/C21H28N4O/c1-17-3-9-20(10-4-17)23-21(26)22-15-18-5-7-19(8-6-18)16-25-13-11-24(2)12-14-25/h3-10H,11-16H2,1-2H3,(H2,22,23,26). The monoisotopic (exact) mass is 352 g/mol. The van der Waals surface area contributed by atoms with Gasteiger partial charge in [-0.2, -0.15) is 0 Å². The third kappa shape index (κ3) is 5.58. The SMILES string of the molecule is Cc1ccc(NC(=O)NCc2ccc(CN3CCN(C)CC3)cc2)cc1. The van der Waals surface area contributed by atoms with Crippen molar-refractivity contribution in [2.45, 2.75) is 20.0 Å². The zero-order valence-corrected chi connectivity index (χ0v) is 15.7. The molecule has 1 saturated heterocycles. The van der Waals surface area contributed by atoms with Crippen molar-refractivity contribution >= 4 is 11.7 Å². The van der Waals surface area contributed by atoms with E-state index in [2.05, 4.69) is 51.7 Å². The van der Waals surface area contributed by atoms with E-state index in [4.69, 9.17) is 0 Å². The molecule has 0 aliphatic carbocycles. The Hall–Kier alpha value is -2.37. The number of likely N-dealkylation sites (N-methyl/N-ethyl adjacent to an activating group) is 1. The van der Waals surface area contributed by atoms with Gasteiger partial charge >= 0.3 is 6.03 Å². The number of carbonyl (C=O) groups is 1. The Morgan fingerprint density at radius 1 is 0.923 bits per heavy atom. The van der Waals surface area contributed by atoms with Crippen molar-refractivity contribution in [1.29, 1.82) is 0 Å². The molecule has 138 valence electrons. The molecule has 0 saturated carbocycles. The first-order chi connectivity index (χ1) is 12.6. The fraction of sp³-hybridized carbons (Fsp3) is 0.381. The molecule has 2 aromatic rings. The van der Waals surface area contributed by atoms with Gasteiger partial charge in [0.25, 0.3) is 0 Å². The van der Waals surface area contributed by atoms with Crippen molar-refractivity contribution in [2.24, 2.45) is 0 Å². The molecule has 5 nitrogen and oxygen atoms in total. The van der Waals surface area contributed by atoms with Crippen molar-refractivity contribution in [1.82, 2.24) is 15.1 Å². The van der Waals surface area contributed by atoms with Crippen LogP contribution in [0.1, 0.15) is 16.7 Å². The minimum absolute atomic E-state index is 0.185. The fourth-order valence-corrected chi connectivity index (χ4v) is 3.02. The number of benzene rings is 2. The molecular weight excluding hydrogens is 324 g/mol. The second-order valence-electron chi connectivity index (χ2n) is 7.07. The van der Waals surface area contributed by atoms with Crippen LogP contribution < -0.4 is 10.6 Å². The van der Waals surface area contributed by atoms with Crippen molar-refractivity contribution in [3.63, 3.8) is 0 Å². The number of carbonyl (C=O) groups excluding carboxylic acids is 1. The molecule has 2 aromatic carbocycles. The highest BCUT2D eigenvalue weighted by molar-refractivity contribution is 5.89. The molecule has 0 atom stereocenters. The first-order valence-electron chi connectivity index (χ1n) is 9.19. The predicted octanol–water partition coefficient (Wildman–Crippen LogP) is 3.06. The highest BCUT2D eigenvalue weighted by atomic mass is 16.2. The molecule has 1 fully saturated rings. The Labute approximate surface area is 156 Å². The van der Waals surface area contributed by atoms with Crippen LogP contribution in [0.4, 0.5) is 10.5 Å². The molecule has 26 heavy (non-hydrogen) atoms.